The van der Waals surface area contributed by atoms with Crippen molar-refractivity contribution in [2.75, 3.05) is 26.2 Å². The maximum Gasteiger partial charge on any atom is 0.251 e. The second-order valence-electron chi connectivity index (χ2n) is 9.09. The van der Waals surface area contributed by atoms with Crippen LogP contribution in [0.5, 0.6) is 0 Å². The summed E-state index contributed by atoms with van der Waals surface area (Å²) in [5, 5.41) is 9.92. The molecule has 7 heteroatoms. The number of hydrogen-bond acceptors (Lipinski definition) is 3. The first-order valence-electron chi connectivity index (χ1n) is 12.2. The lowest BCUT2D eigenvalue weighted by molar-refractivity contribution is 0.0857. The summed E-state index contributed by atoms with van der Waals surface area (Å²) in [5.74, 6) is 0.754. The van der Waals surface area contributed by atoms with E-state index in [0.717, 1.165) is 44.1 Å². The molecule has 1 amide bonds. The van der Waals surface area contributed by atoms with Crippen LogP contribution in [-0.4, -0.2) is 44.2 Å². The molecule has 2 aromatic carbocycles. The van der Waals surface area contributed by atoms with Gasteiger partial charge in [0.05, 0.1) is 12.6 Å². The third-order valence-corrected chi connectivity index (χ3v) is 6.76. The Bertz CT molecular complexity index is 941. The number of ether oxygens (including phenoxy) is 1. The highest BCUT2D eigenvalue weighted by molar-refractivity contribution is 14.0. The Morgan fingerprint density at radius 3 is 2.56 bits per heavy atom. The molecule has 0 radical (unpaired) electrons. The summed E-state index contributed by atoms with van der Waals surface area (Å²) in [6, 6.07) is 18.5. The van der Waals surface area contributed by atoms with Crippen molar-refractivity contribution in [3.8, 4) is 0 Å². The molecule has 2 aliphatic rings. The molecule has 0 spiro atoms. The van der Waals surface area contributed by atoms with E-state index in [1.54, 1.807) is 0 Å². The molecule has 3 N–H and O–H groups in total. The Morgan fingerprint density at radius 2 is 1.88 bits per heavy atom. The molecule has 0 bridgehead atoms. The zero-order chi connectivity index (χ0) is 22.9. The van der Waals surface area contributed by atoms with E-state index in [-0.39, 0.29) is 41.4 Å². The molecule has 6 nitrogen and oxygen atoms in total. The van der Waals surface area contributed by atoms with Gasteiger partial charge in [-0.1, -0.05) is 48.9 Å². The van der Waals surface area contributed by atoms with Gasteiger partial charge in [-0.3, -0.25) is 4.79 Å². The third kappa shape index (κ3) is 6.95. The minimum absolute atomic E-state index is 0. The molecule has 2 fully saturated rings. The van der Waals surface area contributed by atoms with Gasteiger partial charge in [0.1, 0.15) is 0 Å². The molecule has 184 valence electrons. The van der Waals surface area contributed by atoms with Crippen LogP contribution in [-0.2, 0) is 16.7 Å². The summed E-state index contributed by atoms with van der Waals surface area (Å²) in [6.07, 6.45) is 5.90. The van der Waals surface area contributed by atoms with Crippen LogP contribution in [0.2, 0.25) is 0 Å². The van der Waals surface area contributed by atoms with Crippen molar-refractivity contribution in [1.82, 2.24) is 16.0 Å². The van der Waals surface area contributed by atoms with Gasteiger partial charge < -0.3 is 20.7 Å². The normalized spacial score (nSPS) is 19.0. The lowest BCUT2D eigenvalue weighted by Crippen LogP contribution is -2.48. The lowest BCUT2D eigenvalue weighted by atomic mass is 9.64. The minimum Gasteiger partial charge on any atom is -0.376 e. The number of amides is 1. The van der Waals surface area contributed by atoms with Crippen LogP contribution in [0.3, 0.4) is 0 Å². The van der Waals surface area contributed by atoms with Crippen molar-refractivity contribution in [2.45, 2.75) is 57.1 Å². The van der Waals surface area contributed by atoms with Crippen molar-refractivity contribution in [3.05, 3.63) is 71.3 Å². The van der Waals surface area contributed by atoms with E-state index in [2.05, 4.69) is 53.2 Å². The molecule has 4 rings (SSSR count). The van der Waals surface area contributed by atoms with Gasteiger partial charge >= 0.3 is 0 Å². The SMILES string of the molecule is CCNC(=NCc1cccc(C(=O)NCC2CCCO2)c1)NCC1(c2ccccc2)CCC1.I. The summed E-state index contributed by atoms with van der Waals surface area (Å²) >= 11 is 0. The second-order valence-corrected chi connectivity index (χ2v) is 9.09. The second kappa shape index (κ2) is 13.1. The summed E-state index contributed by atoms with van der Waals surface area (Å²) < 4.78 is 5.59. The molecule has 1 aliphatic carbocycles. The number of benzene rings is 2. The first kappa shape index (κ1) is 26.5. The van der Waals surface area contributed by atoms with Crippen LogP contribution in [0.25, 0.3) is 0 Å². The Balaban J connectivity index is 0.00000324. The molecule has 1 aliphatic heterocycles. The van der Waals surface area contributed by atoms with E-state index in [0.29, 0.717) is 18.7 Å². The average molecular weight is 577 g/mol. The predicted octanol–water partition coefficient (Wildman–Crippen LogP) is 4.39. The van der Waals surface area contributed by atoms with E-state index < -0.39 is 0 Å². The molecule has 1 heterocycles. The van der Waals surface area contributed by atoms with E-state index in [1.807, 2.05) is 24.3 Å². The van der Waals surface area contributed by atoms with Crippen LogP contribution in [0, 0.1) is 0 Å². The number of guanidine groups is 1. The average Bonchev–Trinajstić information content (AvgIpc) is 3.35. The molecule has 1 unspecified atom stereocenters. The number of nitrogens with one attached hydrogen (secondary N) is 3. The number of halogens is 1. The molecular weight excluding hydrogens is 539 g/mol. The monoisotopic (exact) mass is 576 g/mol. The molecule has 1 atom stereocenters. The maximum atomic E-state index is 12.6. The third-order valence-electron chi connectivity index (χ3n) is 6.76. The van der Waals surface area contributed by atoms with Crippen LogP contribution < -0.4 is 16.0 Å². The van der Waals surface area contributed by atoms with Gasteiger partial charge in [0, 0.05) is 37.2 Å². The van der Waals surface area contributed by atoms with Gasteiger partial charge in [0.15, 0.2) is 5.96 Å². The maximum absolute atomic E-state index is 12.6. The predicted molar refractivity (Wildman–Crippen MR) is 148 cm³/mol. The van der Waals surface area contributed by atoms with Gasteiger partial charge in [0.25, 0.3) is 5.91 Å². The summed E-state index contributed by atoms with van der Waals surface area (Å²) in [7, 11) is 0. The number of hydrogen-bond donors (Lipinski definition) is 3. The van der Waals surface area contributed by atoms with Gasteiger partial charge in [-0.05, 0) is 55.9 Å². The van der Waals surface area contributed by atoms with Crippen molar-refractivity contribution in [1.29, 1.82) is 0 Å². The van der Waals surface area contributed by atoms with Crippen LogP contribution in [0.1, 0.15) is 60.5 Å². The first-order valence-corrected chi connectivity index (χ1v) is 12.2. The van der Waals surface area contributed by atoms with E-state index in [4.69, 9.17) is 9.73 Å². The zero-order valence-electron chi connectivity index (χ0n) is 20.0. The fourth-order valence-corrected chi connectivity index (χ4v) is 4.65. The quantitative estimate of drug-likeness (QED) is 0.235. The fraction of sp³-hybridized carbons (Fsp3) is 0.481. The van der Waals surface area contributed by atoms with Crippen LogP contribution >= 0.6 is 24.0 Å². The molecular formula is C27H37IN4O2. The van der Waals surface area contributed by atoms with Gasteiger partial charge in [-0.15, -0.1) is 24.0 Å². The fourth-order valence-electron chi connectivity index (χ4n) is 4.65. The number of aliphatic imine (C=N–C) groups is 1. The van der Waals surface area contributed by atoms with Crippen molar-refractivity contribution in [2.24, 2.45) is 4.99 Å². The van der Waals surface area contributed by atoms with Crippen molar-refractivity contribution in [3.63, 3.8) is 0 Å². The van der Waals surface area contributed by atoms with Crippen molar-refractivity contribution < 1.29 is 9.53 Å². The summed E-state index contributed by atoms with van der Waals surface area (Å²) in [5.41, 5.74) is 3.27. The standard InChI is InChI=1S/C27H36N4O2.HI/c1-2-28-26(31-20-27(14-8-15-27)23-11-4-3-5-12-23)30-18-21-9-6-10-22(17-21)25(32)29-19-24-13-7-16-33-24;/h3-6,9-12,17,24H,2,7-8,13-16,18-20H2,1H3,(H,29,32)(H2,28,30,31);1H. The molecule has 1 saturated heterocycles. The van der Waals surface area contributed by atoms with Crippen LogP contribution in [0.4, 0.5) is 0 Å². The van der Waals surface area contributed by atoms with Crippen LogP contribution in [0.15, 0.2) is 59.6 Å². The Kier molecular flexibility index (Phi) is 10.2. The Labute approximate surface area is 220 Å². The summed E-state index contributed by atoms with van der Waals surface area (Å²) in [4.78, 5) is 17.3. The molecule has 0 aromatic heterocycles. The number of carbonyl (C=O) groups is 1. The molecule has 34 heavy (non-hydrogen) atoms. The number of rotatable bonds is 9. The van der Waals surface area contributed by atoms with Crippen molar-refractivity contribution >= 4 is 35.8 Å². The Morgan fingerprint density at radius 1 is 1.06 bits per heavy atom. The van der Waals surface area contributed by atoms with E-state index in [9.17, 15) is 4.79 Å². The Hall–Kier alpha value is -2.13. The highest BCUT2D eigenvalue weighted by Gasteiger charge is 2.38. The highest BCUT2D eigenvalue weighted by Crippen LogP contribution is 2.43. The largest absolute Gasteiger partial charge is 0.376 e. The van der Waals surface area contributed by atoms with Gasteiger partial charge in [-0.25, -0.2) is 4.99 Å². The molecule has 1 saturated carbocycles. The lowest BCUT2D eigenvalue weighted by Gasteiger charge is -2.43. The first-order chi connectivity index (χ1) is 16.2. The molecule has 2 aromatic rings. The topological polar surface area (TPSA) is 74.8 Å². The highest BCUT2D eigenvalue weighted by atomic mass is 127. The van der Waals surface area contributed by atoms with Gasteiger partial charge in [-0.2, -0.15) is 0 Å². The van der Waals surface area contributed by atoms with E-state index >= 15 is 0 Å². The number of nitrogens with zero attached hydrogens (tertiary/aromatic N) is 1. The number of carbonyl (C=O) groups excluding carboxylic acids is 1. The zero-order valence-corrected chi connectivity index (χ0v) is 22.3. The van der Waals surface area contributed by atoms with Gasteiger partial charge in [0.2, 0.25) is 0 Å². The van der Waals surface area contributed by atoms with E-state index in [1.165, 1.54) is 24.8 Å². The smallest absolute Gasteiger partial charge is 0.251 e. The summed E-state index contributed by atoms with van der Waals surface area (Å²) in [6.45, 7) is 5.62. The minimum atomic E-state index is -0.0591.